The monoisotopic (exact) mass is 357 g/mol. The fourth-order valence-electron chi connectivity index (χ4n) is 3.83. The minimum Gasteiger partial charge on any atom is -0.481 e. The number of carboxylic acids is 1. The summed E-state index contributed by atoms with van der Waals surface area (Å²) in [5.74, 6) is -1.12. The number of aromatic nitrogens is 4. The Morgan fingerprint density at radius 3 is 2.77 bits per heavy atom. The molecule has 0 saturated carbocycles. The molecule has 26 heavy (non-hydrogen) atoms. The Morgan fingerprint density at radius 2 is 2.12 bits per heavy atom. The zero-order valence-corrected chi connectivity index (χ0v) is 15.3. The number of piperidine rings is 1. The van der Waals surface area contributed by atoms with Crippen molar-refractivity contribution in [3.63, 3.8) is 0 Å². The van der Waals surface area contributed by atoms with Gasteiger partial charge in [0.1, 0.15) is 0 Å². The number of nitrogens with zero attached hydrogens (tertiary/aromatic N) is 4. The van der Waals surface area contributed by atoms with Gasteiger partial charge in [-0.2, -0.15) is 5.21 Å². The van der Waals surface area contributed by atoms with Crippen LogP contribution in [0.5, 0.6) is 0 Å². The van der Waals surface area contributed by atoms with Crippen LogP contribution < -0.4 is 4.90 Å². The molecule has 7 nitrogen and oxygen atoms in total. The first-order valence-corrected chi connectivity index (χ1v) is 9.49. The summed E-state index contributed by atoms with van der Waals surface area (Å²) in [7, 11) is 0. The number of carbonyl (C=O) groups is 1. The molecule has 2 N–H and O–H groups in total. The lowest BCUT2D eigenvalue weighted by molar-refractivity contribution is -0.142. The second kappa shape index (κ2) is 8.78. The average molecular weight is 357 g/mol. The van der Waals surface area contributed by atoms with Crippen LogP contribution in [0.2, 0.25) is 0 Å². The highest BCUT2D eigenvalue weighted by atomic mass is 16.4. The molecular weight excluding hydrogens is 330 g/mol. The number of H-pyrrole nitrogens is 1. The van der Waals surface area contributed by atoms with Gasteiger partial charge in [-0.25, -0.2) is 0 Å². The predicted molar refractivity (Wildman–Crippen MR) is 99.2 cm³/mol. The first kappa shape index (κ1) is 18.4. The van der Waals surface area contributed by atoms with Crippen LogP contribution in [0.3, 0.4) is 0 Å². The Morgan fingerprint density at radius 1 is 1.31 bits per heavy atom. The number of hydrogen-bond acceptors (Lipinski definition) is 5. The van der Waals surface area contributed by atoms with Crippen molar-refractivity contribution in [2.24, 2.45) is 5.92 Å². The number of carboxylic acid groups (broad SMARTS) is 1. The lowest BCUT2D eigenvalue weighted by Crippen LogP contribution is -2.29. The molecule has 1 fully saturated rings. The average Bonchev–Trinajstić information content (AvgIpc) is 3.20. The minimum absolute atomic E-state index is 0.289. The zero-order valence-electron chi connectivity index (χ0n) is 15.3. The highest BCUT2D eigenvalue weighted by molar-refractivity contribution is 5.71. The molecule has 0 aliphatic carbocycles. The molecule has 0 bridgehead atoms. The van der Waals surface area contributed by atoms with E-state index in [0.29, 0.717) is 18.7 Å². The number of tetrazole rings is 1. The quantitative estimate of drug-likeness (QED) is 0.754. The van der Waals surface area contributed by atoms with E-state index in [1.54, 1.807) is 0 Å². The highest BCUT2D eigenvalue weighted by Crippen LogP contribution is 2.31. The molecule has 0 amide bonds. The van der Waals surface area contributed by atoms with E-state index in [1.807, 2.05) is 6.92 Å². The number of hydrogen-bond donors (Lipinski definition) is 2. The summed E-state index contributed by atoms with van der Waals surface area (Å²) in [5, 5.41) is 24.0. The van der Waals surface area contributed by atoms with Crippen LogP contribution in [-0.2, 0) is 11.2 Å². The van der Waals surface area contributed by atoms with E-state index in [4.69, 9.17) is 0 Å². The van der Waals surface area contributed by atoms with Crippen LogP contribution in [0.1, 0.15) is 56.3 Å². The second-order valence-corrected chi connectivity index (χ2v) is 7.03. The lowest BCUT2D eigenvalue weighted by atomic mass is 9.83. The van der Waals surface area contributed by atoms with Gasteiger partial charge in [-0.05, 0) is 49.8 Å². The van der Waals surface area contributed by atoms with Crippen LogP contribution in [0.25, 0.3) is 0 Å². The van der Waals surface area contributed by atoms with Crippen molar-refractivity contribution in [2.75, 3.05) is 18.0 Å². The number of rotatable bonds is 8. The van der Waals surface area contributed by atoms with E-state index in [2.05, 4.69) is 49.8 Å². The van der Waals surface area contributed by atoms with Crippen LogP contribution in [-0.4, -0.2) is 44.8 Å². The van der Waals surface area contributed by atoms with E-state index in [-0.39, 0.29) is 5.92 Å². The van der Waals surface area contributed by atoms with Crippen molar-refractivity contribution >= 4 is 11.7 Å². The van der Waals surface area contributed by atoms with Gasteiger partial charge in [-0.15, -0.1) is 10.2 Å². The number of aliphatic carboxylic acids is 1. The summed E-state index contributed by atoms with van der Waals surface area (Å²) >= 11 is 0. The zero-order chi connectivity index (χ0) is 18.4. The molecule has 1 aromatic heterocycles. The number of nitrogens with one attached hydrogen (secondary N) is 1. The maximum atomic E-state index is 11.8. The molecule has 1 aliphatic heterocycles. The Bertz CT molecular complexity index is 698. The maximum Gasteiger partial charge on any atom is 0.307 e. The third kappa shape index (κ3) is 4.39. The van der Waals surface area contributed by atoms with Crippen molar-refractivity contribution in [3.8, 4) is 0 Å². The largest absolute Gasteiger partial charge is 0.481 e. The molecule has 0 unspecified atom stereocenters. The molecule has 0 spiro atoms. The highest BCUT2D eigenvalue weighted by Gasteiger charge is 2.32. The van der Waals surface area contributed by atoms with Gasteiger partial charge in [-0.3, -0.25) is 4.79 Å². The molecule has 3 rings (SSSR count). The summed E-state index contributed by atoms with van der Waals surface area (Å²) in [6.07, 6.45) is 5.76. The standard InChI is InChI=1S/C19H27N5O2/c1-2-7-16(19(25)26)17(18-20-22-23-21-18)13-14-8-6-9-15(12-14)24-10-4-3-5-11-24/h6,8-9,12,16-17H,2-5,7,10-11,13H2,1H3,(H,25,26)(H,20,21,22,23)/t16-,17-/m0/s1. The van der Waals surface area contributed by atoms with Crippen LogP contribution in [0.4, 0.5) is 5.69 Å². The van der Waals surface area contributed by atoms with Gasteiger partial charge in [0.05, 0.1) is 5.92 Å². The van der Waals surface area contributed by atoms with E-state index >= 15 is 0 Å². The van der Waals surface area contributed by atoms with Crippen molar-refractivity contribution < 1.29 is 9.90 Å². The van der Waals surface area contributed by atoms with E-state index in [0.717, 1.165) is 25.1 Å². The van der Waals surface area contributed by atoms with Gasteiger partial charge >= 0.3 is 5.97 Å². The summed E-state index contributed by atoms with van der Waals surface area (Å²) in [6, 6.07) is 8.44. The van der Waals surface area contributed by atoms with Crippen molar-refractivity contribution in [3.05, 3.63) is 35.7 Å². The van der Waals surface area contributed by atoms with Gasteiger partial charge in [0.15, 0.2) is 5.82 Å². The molecule has 0 radical (unpaired) electrons. The first-order valence-electron chi connectivity index (χ1n) is 9.49. The van der Waals surface area contributed by atoms with E-state index in [1.165, 1.54) is 24.9 Å². The summed E-state index contributed by atoms with van der Waals surface area (Å²) in [5.41, 5.74) is 2.33. The summed E-state index contributed by atoms with van der Waals surface area (Å²) in [6.45, 7) is 4.18. The fourth-order valence-corrected chi connectivity index (χ4v) is 3.83. The van der Waals surface area contributed by atoms with Gasteiger partial charge in [0.25, 0.3) is 0 Å². The van der Waals surface area contributed by atoms with E-state index in [9.17, 15) is 9.90 Å². The molecule has 1 aromatic carbocycles. The summed E-state index contributed by atoms with van der Waals surface area (Å²) in [4.78, 5) is 14.2. The molecule has 1 aliphatic rings. The normalized spacial score (nSPS) is 17.0. The van der Waals surface area contributed by atoms with Gasteiger partial charge in [0.2, 0.25) is 0 Å². The molecule has 1 saturated heterocycles. The van der Waals surface area contributed by atoms with Crippen molar-refractivity contribution in [2.45, 2.75) is 51.4 Å². The predicted octanol–water partition coefficient (Wildman–Crippen LogP) is 3.02. The number of aromatic amines is 1. The topological polar surface area (TPSA) is 95.0 Å². The van der Waals surface area contributed by atoms with Gasteiger partial charge < -0.3 is 10.0 Å². The Hall–Kier alpha value is -2.44. The molecule has 2 aromatic rings. The van der Waals surface area contributed by atoms with Crippen LogP contribution in [0, 0.1) is 5.92 Å². The number of benzene rings is 1. The van der Waals surface area contributed by atoms with E-state index < -0.39 is 11.9 Å². The Labute approximate surface area is 153 Å². The molecule has 2 atom stereocenters. The van der Waals surface area contributed by atoms with Gasteiger partial charge in [-0.1, -0.05) is 30.7 Å². The van der Waals surface area contributed by atoms with Crippen molar-refractivity contribution in [1.82, 2.24) is 20.6 Å². The second-order valence-electron chi connectivity index (χ2n) is 7.03. The molecule has 7 heteroatoms. The molecule has 2 heterocycles. The van der Waals surface area contributed by atoms with Crippen molar-refractivity contribution in [1.29, 1.82) is 0 Å². The third-order valence-electron chi connectivity index (χ3n) is 5.18. The third-order valence-corrected chi connectivity index (χ3v) is 5.18. The SMILES string of the molecule is CCC[C@H](C(=O)O)[C@H](Cc1cccc(N2CCCCC2)c1)c1nn[nH]n1. The van der Waals surface area contributed by atoms with Crippen LogP contribution >= 0.6 is 0 Å². The fraction of sp³-hybridized carbons (Fsp3) is 0.579. The Kier molecular flexibility index (Phi) is 6.20. The minimum atomic E-state index is -0.797. The lowest BCUT2D eigenvalue weighted by Gasteiger charge is -2.29. The molecule has 140 valence electrons. The maximum absolute atomic E-state index is 11.8. The number of anilines is 1. The first-order chi connectivity index (χ1) is 12.7. The van der Waals surface area contributed by atoms with Gasteiger partial charge in [0, 0.05) is 24.7 Å². The summed E-state index contributed by atoms with van der Waals surface area (Å²) < 4.78 is 0. The smallest absolute Gasteiger partial charge is 0.307 e. The molecular formula is C19H27N5O2. The van der Waals surface area contributed by atoms with Crippen LogP contribution in [0.15, 0.2) is 24.3 Å². The Balaban J connectivity index is 1.83.